The smallest absolute Gasteiger partial charge is 0.333 e. The number of aromatic nitrogens is 1. The molecular weight excluding hydrogens is 739 g/mol. The monoisotopic (exact) mass is 792 g/mol. The summed E-state index contributed by atoms with van der Waals surface area (Å²) in [7, 11) is 0. The lowest BCUT2D eigenvalue weighted by Gasteiger charge is -2.42. The van der Waals surface area contributed by atoms with Crippen LogP contribution in [0.15, 0.2) is 126 Å². The molecule has 61 heavy (non-hydrogen) atoms. The zero-order chi connectivity index (χ0) is 42.3. The molecule has 3 nitrogen and oxygen atoms in total. The average molecular weight is 793 g/mol. The number of furan rings is 1. The molecule has 0 amide bonds. The Balaban J connectivity index is 1.22. The predicted octanol–water partition coefficient (Wildman–Crippen LogP) is 14.1. The highest BCUT2D eigenvalue weighted by Crippen LogP contribution is 2.53. The summed E-state index contributed by atoms with van der Waals surface area (Å²) in [4.78, 5) is 2.64. The van der Waals surface area contributed by atoms with Crippen molar-refractivity contribution in [2.24, 2.45) is 0 Å². The second kappa shape index (κ2) is 11.7. The van der Waals surface area contributed by atoms with E-state index in [0.717, 1.165) is 21.9 Å². The maximum absolute atomic E-state index is 6.86. The first-order chi connectivity index (χ1) is 28.9. The minimum atomic E-state index is -0.0909. The van der Waals surface area contributed by atoms with E-state index in [4.69, 9.17) is 4.42 Å². The van der Waals surface area contributed by atoms with Crippen molar-refractivity contribution in [3.05, 3.63) is 149 Å². The van der Waals surface area contributed by atoms with Crippen LogP contribution < -0.4 is 15.7 Å². The lowest BCUT2D eigenvalue weighted by molar-refractivity contribution is 0.587. The van der Waals surface area contributed by atoms with Crippen LogP contribution in [0.3, 0.4) is 0 Å². The van der Waals surface area contributed by atoms with Crippen LogP contribution in [0.1, 0.15) is 104 Å². The Morgan fingerprint density at radius 2 is 1.15 bits per heavy atom. The fraction of sp³-hybridized carbons (Fsp3) is 0.263. The largest absolute Gasteiger partial charge is 0.456 e. The summed E-state index contributed by atoms with van der Waals surface area (Å²) < 4.78 is 9.49. The van der Waals surface area contributed by atoms with Crippen molar-refractivity contribution < 1.29 is 4.42 Å². The number of hydrogen-bond acceptors (Lipinski definition) is 2. The molecule has 0 atom stereocenters. The Morgan fingerprint density at radius 3 is 1.89 bits per heavy atom. The molecule has 2 aliphatic heterocycles. The van der Waals surface area contributed by atoms with E-state index < -0.39 is 0 Å². The molecule has 0 bridgehead atoms. The van der Waals surface area contributed by atoms with Crippen LogP contribution in [-0.2, 0) is 21.7 Å². The van der Waals surface area contributed by atoms with Crippen LogP contribution in [0.2, 0.25) is 0 Å². The molecule has 300 valence electrons. The molecule has 0 saturated heterocycles. The summed E-state index contributed by atoms with van der Waals surface area (Å²) in [6, 6.07) is 47.2. The van der Waals surface area contributed by atoms with Crippen molar-refractivity contribution in [2.45, 2.75) is 97.8 Å². The minimum absolute atomic E-state index is 0.0201. The number of fused-ring (bicyclic) bond motifs is 14. The van der Waals surface area contributed by atoms with Gasteiger partial charge in [-0.15, -0.1) is 0 Å². The molecule has 9 aromatic rings. The van der Waals surface area contributed by atoms with Gasteiger partial charge in [0.2, 0.25) is 0 Å². The molecule has 12 rings (SSSR count). The third kappa shape index (κ3) is 4.94. The van der Waals surface area contributed by atoms with Gasteiger partial charge in [0.25, 0.3) is 0 Å². The fourth-order valence-electron chi connectivity index (χ4n) is 11.2. The van der Waals surface area contributed by atoms with Gasteiger partial charge >= 0.3 is 6.85 Å². The first-order valence-electron chi connectivity index (χ1n) is 22.2. The maximum atomic E-state index is 6.86. The Hall–Kier alpha value is -6.00. The SMILES string of the molecule is CC(C)(C)c1ccc(N2B3c4cc(C(C)(C)C)ccc4-n4c5cc6c(cc5c5ccc(c3c54)-c3cc4c(cc32)oc2cc(C(C)(C)C)ccc24)C(C)(C)c2ccccc2-6)cc1. The zero-order valence-electron chi connectivity index (χ0n) is 37.4. The van der Waals surface area contributed by atoms with Crippen LogP contribution in [0.25, 0.3) is 71.7 Å². The Bertz CT molecular complexity index is 3390. The molecule has 4 heteroatoms. The standard InChI is InChI=1S/C57H53BN2O/c1-54(2,3)32-16-20-35(21-17-32)60-49-31-51-43(37-22-18-34(56(7,8)9)27-50(37)61-51)28-41(49)38-23-24-39-42-29-45-40(36-14-12-13-15-44(36)57(45,10)11)30-48(42)59-47-25-19-33(55(4,5)6)26-46(47)58(60)52(38)53(39)59/h12-31H,1-11H3. The highest BCUT2D eigenvalue weighted by Gasteiger charge is 2.45. The Kier molecular flexibility index (Phi) is 7.05. The Labute approximate surface area is 360 Å². The molecule has 0 spiro atoms. The second-order valence-electron chi connectivity index (χ2n) is 21.9. The van der Waals surface area contributed by atoms with E-state index in [1.807, 2.05) is 0 Å². The number of benzene rings is 7. The quantitative estimate of drug-likeness (QED) is 0.154. The summed E-state index contributed by atoms with van der Waals surface area (Å²) in [6.07, 6.45) is 0. The van der Waals surface area contributed by atoms with E-state index >= 15 is 0 Å². The van der Waals surface area contributed by atoms with Crippen LogP contribution in [-0.4, -0.2) is 11.4 Å². The van der Waals surface area contributed by atoms with Gasteiger partial charge in [-0.25, -0.2) is 0 Å². The third-order valence-electron chi connectivity index (χ3n) is 14.6. The summed E-state index contributed by atoms with van der Waals surface area (Å²) in [5.41, 5.74) is 22.7. The summed E-state index contributed by atoms with van der Waals surface area (Å²) >= 11 is 0. The van der Waals surface area contributed by atoms with Gasteiger partial charge in [0.1, 0.15) is 11.2 Å². The van der Waals surface area contributed by atoms with Gasteiger partial charge < -0.3 is 13.8 Å². The molecule has 0 unspecified atom stereocenters. The molecule has 1 aliphatic carbocycles. The molecule has 0 N–H and O–H groups in total. The first kappa shape index (κ1) is 36.8. The van der Waals surface area contributed by atoms with E-state index in [-0.39, 0.29) is 28.5 Å². The summed E-state index contributed by atoms with van der Waals surface area (Å²) in [6.45, 7) is 25.4. The molecule has 4 heterocycles. The van der Waals surface area contributed by atoms with Gasteiger partial charge in [0.05, 0.1) is 11.0 Å². The predicted molar refractivity (Wildman–Crippen MR) is 261 cm³/mol. The molecule has 0 fully saturated rings. The highest BCUT2D eigenvalue weighted by atomic mass is 16.3. The lowest BCUT2D eigenvalue weighted by atomic mass is 9.43. The second-order valence-corrected chi connectivity index (χ2v) is 21.9. The molecule has 2 aromatic heterocycles. The van der Waals surface area contributed by atoms with E-state index in [1.165, 1.54) is 99.9 Å². The van der Waals surface area contributed by atoms with Crippen molar-refractivity contribution in [3.8, 4) is 27.9 Å². The first-order valence-corrected chi connectivity index (χ1v) is 22.2. The van der Waals surface area contributed by atoms with Gasteiger partial charge in [-0.3, -0.25) is 0 Å². The van der Waals surface area contributed by atoms with E-state index in [2.05, 4.69) is 207 Å². The van der Waals surface area contributed by atoms with Crippen LogP contribution >= 0.6 is 0 Å². The highest BCUT2D eigenvalue weighted by molar-refractivity contribution is 6.93. The fourth-order valence-corrected chi connectivity index (χ4v) is 11.2. The van der Waals surface area contributed by atoms with Gasteiger partial charge in [0.15, 0.2) is 0 Å². The molecular formula is C57H53BN2O. The average Bonchev–Trinajstić information content (AvgIpc) is 3.82. The van der Waals surface area contributed by atoms with E-state index in [1.54, 1.807) is 0 Å². The Morgan fingerprint density at radius 1 is 0.492 bits per heavy atom. The maximum Gasteiger partial charge on any atom is 0.333 e. The van der Waals surface area contributed by atoms with Gasteiger partial charge in [-0.1, -0.05) is 149 Å². The molecule has 3 aliphatic rings. The van der Waals surface area contributed by atoms with Gasteiger partial charge in [-0.05, 0) is 114 Å². The molecule has 0 saturated carbocycles. The summed E-state index contributed by atoms with van der Waals surface area (Å²) in [5, 5.41) is 4.96. The third-order valence-corrected chi connectivity index (χ3v) is 14.6. The van der Waals surface area contributed by atoms with E-state index in [9.17, 15) is 0 Å². The topological polar surface area (TPSA) is 21.3 Å². The van der Waals surface area contributed by atoms with Crippen LogP contribution in [0.5, 0.6) is 0 Å². The number of rotatable bonds is 1. The van der Waals surface area contributed by atoms with Crippen molar-refractivity contribution in [3.63, 3.8) is 0 Å². The van der Waals surface area contributed by atoms with Crippen LogP contribution in [0, 0.1) is 0 Å². The molecule has 7 aromatic carbocycles. The van der Waals surface area contributed by atoms with Crippen molar-refractivity contribution in [1.29, 1.82) is 0 Å². The van der Waals surface area contributed by atoms with Gasteiger partial charge in [-0.2, -0.15) is 0 Å². The minimum Gasteiger partial charge on any atom is -0.456 e. The normalized spacial score (nSPS) is 15.2. The zero-order valence-corrected chi connectivity index (χ0v) is 37.4. The lowest BCUT2D eigenvalue weighted by Crippen LogP contribution is -2.60. The number of anilines is 2. The summed E-state index contributed by atoms with van der Waals surface area (Å²) in [5.74, 6) is 0. The van der Waals surface area contributed by atoms with Crippen molar-refractivity contribution in [1.82, 2.24) is 4.57 Å². The van der Waals surface area contributed by atoms with Crippen molar-refractivity contribution in [2.75, 3.05) is 4.81 Å². The number of hydrogen-bond donors (Lipinski definition) is 0. The number of nitrogens with zero attached hydrogens (tertiary/aromatic N) is 2. The van der Waals surface area contributed by atoms with E-state index in [0.29, 0.717) is 0 Å². The molecule has 0 radical (unpaired) electrons. The van der Waals surface area contributed by atoms with Crippen molar-refractivity contribution >= 4 is 72.9 Å². The van der Waals surface area contributed by atoms with Gasteiger partial charge in [0, 0.05) is 55.7 Å². The van der Waals surface area contributed by atoms with Crippen LogP contribution in [0.4, 0.5) is 11.4 Å².